The van der Waals surface area contributed by atoms with Gasteiger partial charge in [0.15, 0.2) is 0 Å². The molecule has 0 aromatic heterocycles. The summed E-state index contributed by atoms with van der Waals surface area (Å²) in [5, 5.41) is -0.675. The number of benzene rings is 2. The fraction of sp³-hybridized carbons (Fsp3) is 0.235. The Bertz CT molecular complexity index is 601. The molecule has 2 aromatic rings. The highest BCUT2D eigenvalue weighted by Crippen LogP contribution is 2.24. The second kappa shape index (κ2) is 7.14. The van der Waals surface area contributed by atoms with Crippen molar-refractivity contribution in [2.45, 2.75) is 11.9 Å². The van der Waals surface area contributed by atoms with Gasteiger partial charge in [-0.3, -0.25) is 4.79 Å². The Morgan fingerprint density at radius 2 is 1.76 bits per heavy atom. The van der Waals surface area contributed by atoms with E-state index in [1.165, 1.54) is 0 Å². The van der Waals surface area contributed by atoms with E-state index >= 15 is 0 Å². The molecule has 0 N–H and O–H groups in total. The molecule has 110 valence electrons. The van der Waals surface area contributed by atoms with Gasteiger partial charge in [0.25, 0.3) is 0 Å². The number of para-hydroxylation sites is 1. The van der Waals surface area contributed by atoms with Crippen molar-refractivity contribution < 1.29 is 9.53 Å². The highest BCUT2D eigenvalue weighted by molar-refractivity contribution is 6.30. The first-order valence-electron chi connectivity index (χ1n) is 6.69. The van der Waals surface area contributed by atoms with Gasteiger partial charge in [-0.15, -0.1) is 11.6 Å². The molecule has 0 saturated heterocycles. The molecule has 0 bridgehead atoms. The number of likely N-dealkylation sites (N-methyl/N-ethyl adjacent to an activating group) is 1. The van der Waals surface area contributed by atoms with Crippen LogP contribution >= 0.6 is 11.6 Å². The highest BCUT2D eigenvalue weighted by atomic mass is 35.5. The van der Waals surface area contributed by atoms with Gasteiger partial charge in [0, 0.05) is 19.2 Å². The van der Waals surface area contributed by atoms with Crippen LogP contribution in [0.5, 0.6) is 5.75 Å². The van der Waals surface area contributed by atoms with Crippen LogP contribution in [-0.2, 0) is 11.3 Å². The molecule has 2 aromatic carbocycles. The van der Waals surface area contributed by atoms with Crippen LogP contribution in [0.25, 0.3) is 0 Å². The zero-order chi connectivity index (χ0) is 15.2. The van der Waals surface area contributed by atoms with Gasteiger partial charge in [-0.1, -0.05) is 48.5 Å². The number of hydrogen-bond acceptors (Lipinski definition) is 2. The fourth-order valence-corrected chi connectivity index (χ4v) is 2.44. The number of hydrogen-bond donors (Lipinski definition) is 0. The number of amides is 1. The Kier molecular flexibility index (Phi) is 5.23. The summed E-state index contributed by atoms with van der Waals surface area (Å²) in [7, 11) is 3.36. The lowest BCUT2D eigenvalue weighted by molar-refractivity contribution is -0.130. The second-order valence-corrected chi connectivity index (χ2v) is 5.22. The normalized spacial score (nSPS) is 11.8. The molecule has 0 heterocycles. The van der Waals surface area contributed by atoms with Gasteiger partial charge < -0.3 is 9.64 Å². The molecule has 2 rings (SSSR count). The second-order valence-electron chi connectivity index (χ2n) is 4.78. The summed E-state index contributed by atoms with van der Waals surface area (Å²) < 4.78 is 5.30. The molecule has 3 nitrogen and oxygen atoms in total. The molecular weight excluding hydrogens is 286 g/mol. The van der Waals surface area contributed by atoms with Crippen LogP contribution in [0.4, 0.5) is 0 Å². The Balaban J connectivity index is 2.09. The average Bonchev–Trinajstić information content (AvgIpc) is 2.54. The van der Waals surface area contributed by atoms with E-state index in [2.05, 4.69) is 0 Å². The van der Waals surface area contributed by atoms with Gasteiger partial charge in [0.05, 0.1) is 7.11 Å². The first-order valence-corrected chi connectivity index (χ1v) is 7.13. The summed E-state index contributed by atoms with van der Waals surface area (Å²) in [6.45, 7) is 0.457. The van der Waals surface area contributed by atoms with Gasteiger partial charge in [-0.05, 0) is 11.6 Å². The lowest BCUT2D eigenvalue weighted by Crippen LogP contribution is -2.29. The van der Waals surface area contributed by atoms with E-state index in [0.29, 0.717) is 6.54 Å². The van der Waals surface area contributed by atoms with Crippen LogP contribution in [0, 0.1) is 0 Å². The van der Waals surface area contributed by atoms with Gasteiger partial charge in [0.1, 0.15) is 11.1 Å². The SMILES string of the molecule is COc1ccccc1CN(C)C(=O)C(Cl)c1ccccc1. The molecule has 0 radical (unpaired) electrons. The Morgan fingerprint density at radius 1 is 1.14 bits per heavy atom. The van der Waals surface area contributed by atoms with E-state index in [9.17, 15) is 4.79 Å². The summed E-state index contributed by atoms with van der Waals surface area (Å²) in [6.07, 6.45) is 0. The minimum absolute atomic E-state index is 0.131. The van der Waals surface area contributed by atoms with Crippen molar-refractivity contribution in [3.63, 3.8) is 0 Å². The van der Waals surface area contributed by atoms with Crippen LogP contribution < -0.4 is 4.74 Å². The van der Waals surface area contributed by atoms with Crippen molar-refractivity contribution in [3.05, 3.63) is 65.7 Å². The minimum Gasteiger partial charge on any atom is -0.496 e. The summed E-state index contributed by atoms with van der Waals surface area (Å²) in [6, 6.07) is 17.0. The largest absolute Gasteiger partial charge is 0.496 e. The number of methoxy groups -OCH3 is 1. The molecule has 21 heavy (non-hydrogen) atoms. The summed E-state index contributed by atoms with van der Waals surface area (Å²) in [5.41, 5.74) is 1.75. The van der Waals surface area contributed by atoms with Crippen molar-refractivity contribution in [3.8, 4) is 5.75 Å². The van der Waals surface area contributed by atoms with Crippen LogP contribution in [-0.4, -0.2) is 25.0 Å². The number of carbonyl (C=O) groups is 1. The van der Waals surface area contributed by atoms with Crippen LogP contribution in [0.3, 0.4) is 0 Å². The highest BCUT2D eigenvalue weighted by Gasteiger charge is 2.21. The van der Waals surface area contributed by atoms with Crippen molar-refractivity contribution in [1.29, 1.82) is 0 Å². The maximum Gasteiger partial charge on any atom is 0.245 e. The number of carbonyl (C=O) groups excluding carboxylic acids is 1. The van der Waals surface area contributed by atoms with Crippen LogP contribution in [0.2, 0.25) is 0 Å². The zero-order valence-corrected chi connectivity index (χ0v) is 12.9. The first kappa shape index (κ1) is 15.4. The third-order valence-electron chi connectivity index (χ3n) is 3.29. The third-order valence-corrected chi connectivity index (χ3v) is 3.72. The smallest absolute Gasteiger partial charge is 0.245 e. The van der Waals surface area contributed by atoms with E-state index in [4.69, 9.17) is 16.3 Å². The van der Waals surface area contributed by atoms with Crippen LogP contribution in [0.15, 0.2) is 54.6 Å². The Hall–Kier alpha value is -2.00. The van der Waals surface area contributed by atoms with E-state index in [1.54, 1.807) is 19.1 Å². The molecule has 0 spiro atoms. The Morgan fingerprint density at radius 3 is 2.43 bits per heavy atom. The van der Waals surface area contributed by atoms with Gasteiger partial charge in [-0.2, -0.15) is 0 Å². The zero-order valence-electron chi connectivity index (χ0n) is 12.1. The number of halogens is 1. The number of ether oxygens (including phenoxy) is 1. The average molecular weight is 304 g/mol. The van der Waals surface area contributed by atoms with Crippen LogP contribution in [0.1, 0.15) is 16.5 Å². The summed E-state index contributed by atoms with van der Waals surface area (Å²) >= 11 is 6.27. The molecule has 0 aliphatic heterocycles. The van der Waals surface area contributed by atoms with E-state index in [1.807, 2.05) is 54.6 Å². The predicted molar refractivity (Wildman–Crippen MR) is 84.5 cm³/mol. The quantitative estimate of drug-likeness (QED) is 0.789. The summed E-state index contributed by atoms with van der Waals surface area (Å²) in [5.74, 6) is 0.636. The van der Waals surface area contributed by atoms with Gasteiger partial charge >= 0.3 is 0 Å². The summed E-state index contributed by atoms with van der Waals surface area (Å²) in [4.78, 5) is 14.0. The molecule has 0 aliphatic rings. The number of rotatable bonds is 5. The topological polar surface area (TPSA) is 29.5 Å². The maximum atomic E-state index is 12.4. The van der Waals surface area contributed by atoms with Gasteiger partial charge in [-0.25, -0.2) is 0 Å². The third kappa shape index (κ3) is 3.76. The predicted octanol–water partition coefficient (Wildman–Crippen LogP) is 3.63. The Labute approximate surface area is 130 Å². The molecular formula is C17H18ClNO2. The lowest BCUT2D eigenvalue weighted by atomic mass is 10.1. The van der Waals surface area contributed by atoms with E-state index in [0.717, 1.165) is 16.9 Å². The number of nitrogens with zero attached hydrogens (tertiary/aromatic N) is 1. The standard InChI is InChI=1S/C17H18ClNO2/c1-19(12-14-10-6-7-11-15(14)21-2)17(20)16(18)13-8-4-3-5-9-13/h3-11,16H,12H2,1-2H3. The molecule has 0 fully saturated rings. The fourth-order valence-electron chi connectivity index (χ4n) is 2.13. The number of alkyl halides is 1. The van der Waals surface area contributed by atoms with Crippen molar-refractivity contribution in [2.24, 2.45) is 0 Å². The molecule has 1 amide bonds. The van der Waals surface area contributed by atoms with Gasteiger partial charge in [0.2, 0.25) is 5.91 Å². The monoisotopic (exact) mass is 303 g/mol. The van der Waals surface area contributed by atoms with E-state index in [-0.39, 0.29) is 5.91 Å². The van der Waals surface area contributed by atoms with Crippen molar-refractivity contribution in [1.82, 2.24) is 4.90 Å². The van der Waals surface area contributed by atoms with Crippen molar-refractivity contribution >= 4 is 17.5 Å². The van der Waals surface area contributed by atoms with Crippen molar-refractivity contribution in [2.75, 3.05) is 14.2 Å². The molecule has 0 saturated carbocycles. The molecule has 0 aliphatic carbocycles. The molecule has 1 unspecified atom stereocenters. The maximum absolute atomic E-state index is 12.4. The first-order chi connectivity index (χ1) is 10.1. The minimum atomic E-state index is -0.675. The molecule has 1 atom stereocenters. The lowest BCUT2D eigenvalue weighted by Gasteiger charge is -2.21. The van der Waals surface area contributed by atoms with E-state index < -0.39 is 5.38 Å². The molecule has 4 heteroatoms.